The summed E-state index contributed by atoms with van der Waals surface area (Å²) in [5, 5.41) is 0. The zero-order valence-corrected chi connectivity index (χ0v) is 16.5. The van der Waals surface area contributed by atoms with Crippen molar-refractivity contribution in [3.63, 3.8) is 0 Å². The number of carbonyl (C=O) groups is 1. The fraction of sp³-hybridized carbons (Fsp3) is 0.409. The highest BCUT2D eigenvalue weighted by atomic mass is 32.2. The largest absolute Gasteiger partial charge is 0.450 e. The Morgan fingerprint density at radius 1 is 0.929 bits per heavy atom. The highest BCUT2D eigenvalue weighted by Crippen LogP contribution is 2.44. The summed E-state index contributed by atoms with van der Waals surface area (Å²) in [6.07, 6.45) is 5.25. The van der Waals surface area contributed by atoms with E-state index in [9.17, 15) is 13.2 Å². The maximum absolute atomic E-state index is 13.2. The Bertz CT molecular complexity index is 1050. The SMILES string of the molecule is O=C1OC2(CCN(S(=O)(=O)c3ccc4c(c3)CCCC4)CC2)c2ccccc21. The van der Waals surface area contributed by atoms with E-state index in [1.165, 1.54) is 21.9 Å². The quantitative estimate of drug-likeness (QED) is 0.729. The predicted molar refractivity (Wildman–Crippen MR) is 105 cm³/mol. The molecule has 2 aliphatic heterocycles. The fourth-order valence-electron chi connectivity index (χ4n) is 4.82. The summed E-state index contributed by atoms with van der Waals surface area (Å²) in [6, 6.07) is 13.0. The van der Waals surface area contributed by atoms with Crippen LogP contribution in [0.2, 0.25) is 0 Å². The number of carbonyl (C=O) groups excluding carboxylic acids is 1. The van der Waals surface area contributed by atoms with Crippen LogP contribution in [0, 0.1) is 0 Å². The first-order valence-electron chi connectivity index (χ1n) is 9.94. The van der Waals surface area contributed by atoms with Crippen LogP contribution in [-0.2, 0) is 33.2 Å². The lowest BCUT2D eigenvalue weighted by atomic mass is 9.84. The molecule has 0 saturated carbocycles. The molecule has 3 aliphatic rings. The Labute approximate surface area is 165 Å². The number of nitrogens with zero attached hydrogens (tertiary/aromatic N) is 1. The summed E-state index contributed by atoms with van der Waals surface area (Å²) >= 11 is 0. The number of rotatable bonds is 2. The average molecular weight is 397 g/mol. The predicted octanol–water partition coefficient (Wildman–Crippen LogP) is 3.42. The highest BCUT2D eigenvalue weighted by molar-refractivity contribution is 7.89. The number of sulfonamides is 1. The number of hydrogen-bond donors (Lipinski definition) is 0. The van der Waals surface area contributed by atoms with Crippen LogP contribution in [0.1, 0.15) is 52.7 Å². The van der Waals surface area contributed by atoms with Gasteiger partial charge in [0.05, 0.1) is 10.5 Å². The third kappa shape index (κ3) is 2.70. The molecule has 0 amide bonds. The molecule has 146 valence electrons. The van der Waals surface area contributed by atoms with Gasteiger partial charge in [0.25, 0.3) is 0 Å². The van der Waals surface area contributed by atoms with Crippen molar-refractivity contribution < 1.29 is 17.9 Å². The molecule has 1 saturated heterocycles. The molecule has 0 N–H and O–H groups in total. The van der Waals surface area contributed by atoms with E-state index in [1.54, 1.807) is 12.1 Å². The summed E-state index contributed by atoms with van der Waals surface area (Å²) in [7, 11) is -3.54. The van der Waals surface area contributed by atoms with E-state index in [0.717, 1.165) is 24.8 Å². The van der Waals surface area contributed by atoms with Crippen LogP contribution in [-0.4, -0.2) is 31.8 Å². The smallest absolute Gasteiger partial charge is 0.339 e. The summed E-state index contributed by atoms with van der Waals surface area (Å²) in [6.45, 7) is 0.696. The lowest BCUT2D eigenvalue weighted by molar-refractivity contribution is -0.0329. The van der Waals surface area contributed by atoms with Crippen LogP contribution < -0.4 is 0 Å². The van der Waals surface area contributed by atoms with Gasteiger partial charge in [-0.3, -0.25) is 0 Å². The minimum atomic E-state index is -3.54. The summed E-state index contributed by atoms with van der Waals surface area (Å²) in [5.41, 5.74) is 3.26. The molecular formula is C22H23NO4S. The van der Waals surface area contributed by atoms with Crippen LogP contribution in [0.5, 0.6) is 0 Å². The molecule has 1 spiro atoms. The molecular weight excluding hydrogens is 374 g/mol. The summed E-state index contributed by atoms with van der Waals surface area (Å²) in [5.74, 6) is -0.304. The third-order valence-electron chi connectivity index (χ3n) is 6.41. The number of aryl methyl sites for hydroxylation is 2. The monoisotopic (exact) mass is 397 g/mol. The van der Waals surface area contributed by atoms with Crippen LogP contribution in [0.4, 0.5) is 0 Å². The molecule has 0 bridgehead atoms. The minimum absolute atomic E-state index is 0.304. The van der Waals surface area contributed by atoms with E-state index in [4.69, 9.17) is 4.74 Å². The lowest BCUT2D eigenvalue weighted by Gasteiger charge is -2.38. The summed E-state index contributed by atoms with van der Waals surface area (Å²) < 4.78 is 33.7. The molecule has 0 radical (unpaired) electrons. The molecule has 1 aliphatic carbocycles. The molecule has 1 fully saturated rings. The first-order valence-corrected chi connectivity index (χ1v) is 11.4. The average Bonchev–Trinajstić information content (AvgIpc) is 3.00. The van der Waals surface area contributed by atoms with Gasteiger partial charge < -0.3 is 4.74 Å². The Morgan fingerprint density at radius 2 is 1.64 bits per heavy atom. The third-order valence-corrected chi connectivity index (χ3v) is 8.31. The highest BCUT2D eigenvalue weighted by Gasteiger charge is 2.48. The Balaban J connectivity index is 1.39. The van der Waals surface area contributed by atoms with Crippen molar-refractivity contribution in [3.8, 4) is 0 Å². The van der Waals surface area contributed by atoms with E-state index < -0.39 is 15.6 Å². The second-order valence-corrected chi connectivity index (χ2v) is 9.91. The molecule has 2 heterocycles. The van der Waals surface area contributed by atoms with Gasteiger partial charge in [-0.15, -0.1) is 0 Å². The van der Waals surface area contributed by atoms with Crippen LogP contribution in [0.15, 0.2) is 47.4 Å². The van der Waals surface area contributed by atoms with Crippen molar-refractivity contribution in [2.45, 2.75) is 49.0 Å². The number of fused-ring (bicyclic) bond motifs is 3. The van der Waals surface area contributed by atoms with Crippen LogP contribution >= 0.6 is 0 Å². The zero-order chi connectivity index (χ0) is 19.4. The molecule has 5 rings (SSSR count). The van der Waals surface area contributed by atoms with Gasteiger partial charge in [0.1, 0.15) is 5.60 Å². The normalized spacial score (nSPS) is 21.2. The topological polar surface area (TPSA) is 63.7 Å². The standard InChI is InChI=1S/C22H23NO4S/c24-21-19-7-3-4-8-20(19)22(27-21)11-13-23(14-12-22)28(25,26)18-10-9-16-5-1-2-6-17(16)15-18/h3-4,7-10,15H,1-2,5-6,11-14H2. The maximum Gasteiger partial charge on any atom is 0.339 e. The fourth-order valence-corrected chi connectivity index (χ4v) is 6.32. The van der Waals surface area contributed by atoms with Crippen molar-refractivity contribution in [3.05, 3.63) is 64.7 Å². The number of ether oxygens (including phenoxy) is 1. The van der Waals surface area contributed by atoms with Crippen molar-refractivity contribution in [2.24, 2.45) is 0 Å². The Hall–Kier alpha value is -2.18. The summed E-state index contributed by atoms with van der Waals surface area (Å²) in [4.78, 5) is 12.6. The lowest BCUT2D eigenvalue weighted by Crippen LogP contribution is -2.45. The van der Waals surface area contributed by atoms with E-state index in [2.05, 4.69) is 0 Å². The number of esters is 1. The van der Waals surface area contributed by atoms with Crippen LogP contribution in [0.3, 0.4) is 0 Å². The number of benzene rings is 2. The number of piperidine rings is 1. The Morgan fingerprint density at radius 3 is 2.43 bits per heavy atom. The van der Waals surface area contributed by atoms with Gasteiger partial charge >= 0.3 is 5.97 Å². The zero-order valence-electron chi connectivity index (χ0n) is 15.7. The van der Waals surface area contributed by atoms with Gasteiger partial charge in [-0.25, -0.2) is 13.2 Å². The van der Waals surface area contributed by atoms with E-state index in [-0.39, 0.29) is 5.97 Å². The first kappa shape index (κ1) is 17.9. The molecule has 0 unspecified atom stereocenters. The van der Waals surface area contributed by atoms with E-state index >= 15 is 0 Å². The maximum atomic E-state index is 13.2. The van der Waals surface area contributed by atoms with Gasteiger partial charge in [-0.05, 0) is 55.0 Å². The van der Waals surface area contributed by atoms with Crippen molar-refractivity contribution in [1.82, 2.24) is 4.31 Å². The molecule has 2 aromatic rings. The molecule has 6 heteroatoms. The second kappa shape index (κ2) is 6.42. The van der Waals surface area contributed by atoms with Gasteiger partial charge in [0, 0.05) is 31.5 Å². The molecule has 5 nitrogen and oxygen atoms in total. The molecule has 2 aromatic carbocycles. The van der Waals surface area contributed by atoms with Crippen molar-refractivity contribution in [2.75, 3.05) is 13.1 Å². The van der Waals surface area contributed by atoms with E-state index in [0.29, 0.717) is 36.4 Å². The molecule has 0 aromatic heterocycles. The Kier molecular flexibility index (Phi) is 4.10. The van der Waals surface area contributed by atoms with Crippen molar-refractivity contribution >= 4 is 16.0 Å². The molecule has 28 heavy (non-hydrogen) atoms. The van der Waals surface area contributed by atoms with Gasteiger partial charge in [0.15, 0.2) is 0 Å². The second-order valence-electron chi connectivity index (χ2n) is 7.97. The van der Waals surface area contributed by atoms with Gasteiger partial charge in [0.2, 0.25) is 10.0 Å². The van der Waals surface area contributed by atoms with Gasteiger partial charge in [-0.2, -0.15) is 4.31 Å². The minimum Gasteiger partial charge on any atom is -0.450 e. The van der Waals surface area contributed by atoms with Crippen LogP contribution in [0.25, 0.3) is 0 Å². The molecule has 0 atom stereocenters. The van der Waals surface area contributed by atoms with E-state index in [1.807, 2.05) is 30.3 Å². The van der Waals surface area contributed by atoms with Gasteiger partial charge in [-0.1, -0.05) is 24.3 Å². The number of hydrogen-bond acceptors (Lipinski definition) is 4. The first-order chi connectivity index (χ1) is 13.5. The van der Waals surface area contributed by atoms with Crippen molar-refractivity contribution in [1.29, 1.82) is 0 Å².